The Morgan fingerprint density at radius 1 is 1.00 bits per heavy atom. The fourth-order valence-electron chi connectivity index (χ4n) is 1.88. The summed E-state index contributed by atoms with van der Waals surface area (Å²) in [6, 6.07) is 13.0. The van der Waals surface area contributed by atoms with Crippen LogP contribution in [0.2, 0.25) is 5.02 Å². The van der Waals surface area contributed by atoms with Gasteiger partial charge in [0.2, 0.25) is 0 Å². The Morgan fingerprint density at radius 3 is 1.85 bits per heavy atom. The minimum absolute atomic E-state index is 0.251. The first-order chi connectivity index (χ1) is 9.41. The number of hydrogen-bond donors (Lipinski definition) is 1. The topological polar surface area (TPSA) is 70.3 Å². The lowest BCUT2D eigenvalue weighted by atomic mass is 10.00. The van der Waals surface area contributed by atoms with Gasteiger partial charge in [-0.1, -0.05) is 35.9 Å². The van der Waals surface area contributed by atoms with E-state index in [-0.39, 0.29) is 4.90 Å². The molecular weight excluding hydrogens is 296 g/mol. The molecule has 0 bridgehead atoms. The quantitative estimate of drug-likeness (QED) is 0.871. The molecule has 0 amide bonds. The van der Waals surface area contributed by atoms with Crippen LogP contribution in [0.3, 0.4) is 0 Å². The number of benzene rings is 2. The molecule has 4 nitrogen and oxygen atoms in total. The van der Waals surface area contributed by atoms with Gasteiger partial charge in [-0.05, 0) is 35.4 Å². The molecule has 2 aromatic carbocycles. The van der Waals surface area contributed by atoms with E-state index in [1.165, 1.54) is 12.1 Å². The smallest absolute Gasteiger partial charge is 0.175 e. The Hall–Kier alpha value is -1.72. The molecule has 0 aliphatic rings. The third-order valence-corrected chi connectivity index (χ3v) is 4.32. The van der Waals surface area contributed by atoms with Crippen molar-refractivity contribution < 1.29 is 8.42 Å². The zero-order chi connectivity index (χ0) is 14.8. The van der Waals surface area contributed by atoms with Crippen molar-refractivity contribution in [2.24, 2.45) is 5.11 Å². The average Bonchev–Trinajstić information content (AvgIpc) is 2.41. The summed E-state index contributed by atoms with van der Waals surface area (Å²) in [5.74, 6) is 0. The van der Waals surface area contributed by atoms with Crippen LogP contribution >= 0.6 is 11.6 Å². The summed E-state index contributed by atoms with van der Waals surface area (Å²) in [6.07, 6.45) is 1.16. The average molecular weight is 309 g/mol. The minimum Gasteiger partial charge on any atom is -0.224 e. The molecule has 1 atom stereocenters. The molecule has 2 aromatic rings. The third kappa shape index (κ3) is 3.23. The number of nitrogens with zero attached hydrogens (tertiary/aromatic N) is 1. The van der Waals surface area contributed by atoms with E-state index in [0.29, 0.717) is 5.02 Å². The van der Waals surface area contributed by atoms with E-state index in [1.807, 2.05) is 0 Å². The lowest BCUT2D eigenvalue weighted by molar-refractivity contribution is 0.602. The summed E-state index contributed by atoms with van der Waals surface area (Å²) in [5, 5.41) is 4.22. The Bertz CT molecular complexity index is 710. The lowest BCUT2D eigenvalue weighted by Gasteiger charge is -2.12. The molecule has 6 heteroatoms. The van der Waals surface area contributed by atoms with Gasteiger partial charge in [0.05, 0.1) is 4.90 Å². The van der Waals surface area contributed by atoms with Gasteiger partial charge in [-0.15, -0.1) is 0 Å². The maximum atomic E-state index is 11.4. The first-order valence-electron chi connectivity index (χ1n) is 5.84. The van der Waals surface area contributed by atoms with Crippen molar-refractivity contribution in [3.63, 3.8) is 0 Å². The van der Waals surface area contributed by atoms with Crippen LogP contribution in [0.15, 0.2) is 58.5 Å². The molecule has 104 valence electrons. The number of nitrogens with one attached hydrogen (secondary N) is 1. The number of hydrogen-bond acceptors (Lipinski definition) is 4. The van der Waals surface area contributed by atoms with Gasteiger partial charge in [-0.3, -0.25) is 0 Å². The number of halogens is 1. The van der Waals surface area contributed by atoms with Crippen molar-refractivity contribution in [1.29, 1.82) is 5.53 Å². The van der Waals surface area contributed by atoms with Gasteiger partial charge in [0, 0.05) is 11.3 Å². The van der Waals surface area contributed by atoms with Crippen LogP contribution in [0.25, 0.3) is 0 Å². The number of sulfone groups is 1. The molecule has 0 heterocycles. The summed E-state index contributed by atoms with van der Waals surface area (Å²) in [5.41, 5.74) is 8.93. The van der Waals surface area contributed by atoms with Gasteiger partial charge >= 0.3 is 0 Å². The highest BCUT2D eigenvalue weighted by Crippen LogP contribution is 2.27. The van der Waals surface area contributed by atoms with Gasteiger partial charge in [0.25, 0.3) is 0 Å². The van der Waals surface area contributed by atoms with E-state index in [0.717, 1.165) is 17.4 Å². The summed E-state index contributed by atoms with van der Waals surface area (Å²) < 4.78 is 22.8. The second-order valence-corrected chi connectivity index (χ2v) is 6.88. The molecule has 0 radical (unpaired) electrons. The van der Waals surface area contributed by atoms with Gasteiger partial charge in [-0.2, -0.15) is 5.11 Å². The van der Waals surface area contributed by atoms with Crippen molar-refractivity contribution in [2.45, 2.75) is 10.9 Å². The fourth-order valence-corrected chi connectivity index (χ4v) is 2.64. The van der Waals surface area contributed by atoms with E-state index in [9.17, 15) is 8.42 Å². The molecular formula is C14H13ClN2O2S. The van der Waals surface area contributed by atoms with Crippen molar-refractivity contribution in [3.05, 3.63) is 64.7 Å². The maximum Gasteiger partial charge on any atom is 0.175 e. The van der Waals surface area contributed by atoms with Gasteiger partial charge in [-0.25, -0.2) is 13.9 Å². The zero-order valence-electron chi connectivity index (χ0n) is 10.7. The van der Waals surface area contributed by atoms with E-state index in [2.05, 4.69) is 5.11 Å². The Kier molecular flexibility index (Phi) is 4.20. The second-order valence-electron chi connectivity index (χ2n) is 4.42. The van der Waals surface area contributed by atoms with Crippen LogP contribution in [0, 0.1) is 5.53 Å². The van der Waals surface area contributed by atoms with Crippen LogP contribution in [0.5, 0.6) is 0 Å². The molecule has 1 N–H and O–H groups in total. The zero-order valence-corrected chi connectivity index (χ0v) is 12.3. The molecule has 0 spiro atoms. The largest absolute Gasteiger partial charge is 0.224 e. The molecule has 0 aliphatic heterocycles. The summed E-state index contributed by atoms with van der Waals surface area (Å²) in [4.78, 5) is 0.251. The highest BCUT2D eigenvalue weighted by molar-refractivity contribution is 7.90. The molecule has 0 aliphatic carbocycles. The minimum atomic E-state index is -3.22. The normalized spacial score (nSPS) is 12.9. The molecule has 2 rings (SSSR count). The van der Waals surface area contributed by atoms with E-state index >= 15 is 0 Å². The highest BCUT2D eigenvalue weighted by Gasteiger charge is 2.14. The molecule has 1 unspecified atom stereocenters. The van der Waals surface area contributed by atoms with Crippen molar-refractivity contribution in [1.82, 2.24) is 0 Å². The standard InChI is InChI=1S/C14H13ClN2O2S/c1-20(18,19)13-8-4-11(5-9-13)14(17-16)10-2-6-12(15)7-3-10/h2-9,14,16H,1H3. The monoisotopic (exact) mass is 308 g/mol. The number of rotatable bonds is 4. The predicted octanol–water partition coefficient (Wildman–Crippen LogP) is 3.86. The predicted molar refractivity (Wildman–Crippen MR) is 78.0 cm³/mol. The van der Waals surface area contributed by atoms with E-state index in [4.69, 9.17) is 17.1 Å². The SMILES string of the molecule is CS(=O)(=O)c1ccc(C(N=N)c2ccc(Cl)cc2)cc1. The Balaban J connectivity index is 2.37. The highest BCUT2D eigenvalue weighted by atomic mass is 35.5. The first kappa shape index (κ1) is 14.7. The molecule has 20 heavy (non-hydrogen) atoms. The van der Waals surface area contributed by atoms with Crippen LogP contribution < -0.4 is 0 Å². The fraction of sp³-hybridized carbons (Fsp3) is 0.143. The van der Waals surface area contributed by atoms with Gasteiger partial charge in [0.15, 0.2) is 9.84 Å². The first-order valence-corrected chi connectivity index (χ1v) is 8.11. The van der Waals surface area contributed by atoms with Crippen molar-refractivity contribution >= 4 is 21.4 Å². The van der Waals surface area contributed by atoms with E-state index in [1.54, 1.807) is 36.4 Å². The molecule has 0 fully saturated rings. The van der Waals surface area contributed by atoms with Crippen molar-refractivity contribution in [2.75, 3.05) is 6.26 Å². The molecule has 0 aromatic heterocycles. The van der Waals surface area contributed by atoms with E-state index < -0.39 is 15.9 Å². The summed E-state index contributed by atoms with van der Waals surface area (Å²) in [7, 11) is -3.22. The third-order valence-electron chi connectivity index (χ3n) is 2.94. The van der Waals surface area contributed by atoms with Gasteiger partial charge < -0.3 is 0 Å². The van der Waals surface area contributed by atoms with Crippen LogP contribution in [0.1, 0.15) is 17.2 Å². The Labute approximate surface area is 122 Å². The summed E-state index contributed by atoms with van der Waals surface area (Å²) in [6.45, 7) is 0. The van der Waals surface area contributed by atoms with Crippen LogP contribution in [-0.4, -0.2) is 14.7 Å². The van der Waals surface area contributed by atoms with Gasteiger partial charge in [0.1, 0.15) is 6.04 Å². The molecule has 0 saturated heterocycles. The second kappa shape index (κ2) is 5.73. The summed E-state index contributed by atoms with van der Waals surface area (Å²) >= 11 is 5.83. The molecule has 0 saturated carbocycles. The van der Waals surface area contributed by atoms with Crippen LogP contribution in [0.4, 0.5) is 0 Å². The maximum absolute atomic E-state index is 11.4. The van der Waals surface area contributed by atoms with Crippen molar-refractivity contribution in [3.8, 4) is 0 Å². The Morgan fingerprint density at radius 2 is 1.45 bits per heavy atom. The van der Waals surface area contributed by atoms with Crippen LogP contribution in [-0.2, 0) is 9.84 Å². The lowest BCUT2D eigenvalue weighted by Crippen LogP contribution is -2.00.